The Labute approximate surface area is 154 Å². The van der Waals surface area contributed by atoms with Crippen LogP contribution in [-0.4, -0.2) is 77.2 Å². The van der Waals surface area contributed by atoms with Crippen LogP contribution in [-0.2, 0) is 19.6 Å². The molecule has 144 valence electrons. The molecule has 1 aliphatic heterocycles. The molecule has 1 aromatic rings. The molecule has 1 N–H and O–H groups in total. The highest BCUT2D eigenvalue weighted by atomic mass is 32.2. The summed E-state index contributed by atoms with van der Waals surface area (Å²) >= 11 is 0. The Morgan fingerprint density at radius 2 is 1.96 bits per heavy atom. The highest BCUT2D eigenvalue weighted by molar-refractivity contribution is 7.92. The number of amides is 1. The number of benzene rings is 1. The van der Waals surface area contributed by atoms with Crippen molar-refractivity contribution in [3.8, 4) is 0 Å². The summed E-state index contributed by atoms with van der Waals surface area (Å²) < 4.78 is 30.5. The molecular weight excluding hydrogens is 358 g/mol. The molecule has 0 bridgehead atoms. The SMILES string of the molecule is CC(=O)c1cccc(N(CC(=O)NCCN2CCOCC2)S(C)(=O)=O)c1. The normalized spacial score (nSPS) is 15.5. The van der Waals surface area contributed by atoms with Crippen molar-refractivity contribution >= 4 is 27.4 Å². The number of hydrogen-bond donors (Lipinski definition) is 1. The summed E-state index contributed by atoms with van der Waals surface area (Å²) in [5.41, 5.74) is 0.687. The molecule has 1 saturated heterocycles. The molecule has 0 radical (unpaired) electrons. The maximum atomic E-state index is 12.2. The maximum absolute atomic E-state index is 12.2. The Balaban J connectivity index is 1.98. The van der Waals surface area contributed by atoms with Gasteiger partial charge in [-0.1, -0.05) is 12.1 Å². The molecule has 1 heterocycles. The van der Waals surface area contributed by atoms with E-state index in [1.54, 1.807) is 18.2 Å². The van der Waals surface area contributed by atoms with Gasteiger partial charge in [0.25, 0.3) is 0 Å². The molecular formula is C17H25N3O5S. The van der Waals surface area contributed by atoms with E-state index >= 15 is 0 Å². The van der Waals surface area contributed by atoms with Gasteiger partial charge in [-0.05, 0) is 19.1 Å². The summed E-state index contributed by atoms with van der Waals surface area (Å²) in [6.45, 7) is 5.21. The van der Waals surface area contributed by atoms with Gasteiger partial charge < -0.3 is 10.1 Å². The standard InChI is InChI=1S/C17H25N3O5S/c1-14(21)15-4-3-5-16(12-15)20(26(2,23)24)13-17(22)18-6-7-19-8-10-25-11-9-19/h3-5,12H,6-11,13H2,1-2H3,(H,18,22). The van der Waals surface area contributed by atoms with Crippen LogP contribution in [0.3, 0.4) is 0 Å². The number of anilines is 1. The van der Waals surface area contributed by atoms with Crippen molar-refractivity contribution in [3.63, 3.8) is 0 Å². The number of Topliss-reactive ketones (excluding diaryl/α,β-unsaturated/α-hetero) is 1. The zero-order chi connectivity index (χ0) is 19.2. The number of nitrogens with zero attached hydrogens (tertiary/aromatic N) is 2. The van der Waals surface area contributed by atoms with E-state index in [-0.39, 0.29) is 12.3 Å². The van der Waals surface area contributed by atoms with Gasteiger partial charge in [0.05, 0.1) is 25.2 Å². The molecule has 0 atom stereocenters. The highest BCUT2D eigenvalue weighted by Crippen LogP contribution is 2.19. The number of carbonyl (C=O) groups excluding carboxylic acids is 2. The Morgan fingerprint density at radius 3 is 2.58 bits per heavy atom. The zero-order valence-electron chi connectivity index (χ0n) is 15.1. The average Bonchev–Trinajstić information content (AvgIpc) is 2.59. The number of carbonyl (C=O) groups is 2. The number of ketones is 1. The van der Waals surface area contributed by atoms with Gasteiger partial charge in [-0.2, -0.15) is 0 Å². The van der Waals surface area contributed by atoms with E-state index in [1.165, 1.54) is 13.0 Å². The number of rotatable bonds is 8. The molecule has 1 aliphatic rings. The Kier molecular flexibility index (Phi) is 7.13. The Morgan fingerprint density at radius 1 is 1.27 bits per heavy atom. The molecule has 1 amide bonds. The molecule has 0 aromatic heterocycles. The van der Waals surface area contributed by atoms with Gasteiger partial charge in [-0.15, -0.1) is 0 Å². The minimum atomic E-state index is -3.67. The van der Waals surface area contributed by atoms with Crippen LogP contribution in [0.5, 0.6) is 0 Å². The minimum absolute atomic E-state index is 0.171. The third-order valence-corrected chi connectivity index (χ3v) is 5.22. The Bertz CT molecular complexity index is 745. The van der Waals surface area contributed by atoms with Crippen LogP contribution in [0.2, 0.25) is 0 Å². The molecule has 0 spiro atoms. The second-order valence-corrected chi connectivity index (χ2v) is 8.09. The monoisotopic (exact) mass is 383 g/mol. The first-order valence-electron chi connectivity index (χ1n) is 8.43. The average molecular weight is 383 g/mol. The van der Waals surface area contributed by atoms with E-state index in [2.05, 4.69) is 10.2 Å². The molecule has 8 nitrogen and oxygen atoms in total. The molecule has 2 rings (SSSR count). The molecule has 0 saturated carbocycles. The van der Waals surface area contributed by atoms with Gasteiger partial charge in [0, 0.05) is 31.7 Å². The van der Waals surface area contributed by atoms with E-state index in [9.17, 15) is 18.0 Å². The number of sulfonamides is 1. The van der Waals surface area contributed by atoms with Crippen molar-refractivity contribution in [1.82, 2.24) is 10.2 Å². The second kappa shape index (κ2) is 9.11. The predicted molar refractivity (Wildman–Crippen MR) is 98.9 cm³/mol. The van der Waals surface area contributed by atoms with Gasteiger partial charge in [-0.25, -0.2) is 8.42 Å². The summed E-state index contributed by atoms with van der Waals surface area (Å²) in [6.07, 6.45) is 1.04. The molecule has 1 aromatic carbocycles. The van der Waals surface area contributed by atoms with Crippen LogP contribution in [0.15, 0.2) is 24.3 Å². The van der Waals surface area contributed by atoms with Gasteiger partial charge in [0.15, 0.2) is 5.78 Å². The lowest BCUT2D eigenvalue weighted by atomic mass is 10.1. The quantitative estimate of drug-likeness (QED) is 0.640. The Hall–Kier alpha value is -1.97. The van der Waals surface area contributed by atoms with Crippen molar-refractivity contribution in [1.29, 1.82) is 0 Å². The van der Waals surface area contributed by atoms with Crippen LogP contribution < -0.4 is 9.62 Å². The van der Waals surface area contributed by atoms with E-state index in [4.69, 9.17) is 4.74 Å². The fourth-order valence-electron chi connectivity index (χ4n) is 2.64. The van der Waals surface area contributed by atoms with Gasteiger partial charge in [0.2, 0.25) is 15.9 Å². The van der Waals surface area contributed by atoms with Gasteiger partial charge in [0.1, 0.15) is 6.54 Å². The van der Waals surface area contributed by atoms with Crippen molar-refractivity contribution < 1.29 is 22.7 Å². The van der Waals surface area contributed by atoms with Crippen molar-refractivity contribution in [2.75, 3.05) is 56.5 Å². The smallest absolute Gasteiger partial charge is 0.240 e. The summed E-state index contributed by atoms with van der Waals surface area (Å²) in [4.78, 5) is 25.9. The van der Waals surface area contributed by atoms with E-state index in [0.717, 1.165) is 23.7 Å². The maximum Gasteiger partial charge on any atom is 0.240 e. The number of nitrogens with one attached hydrogen (secondary N) is 1. The molecule has 1 fully saturated rings. The number of morpholine rings is 1. The fraction of sp³-hybridized carbons (Fsp3) is 0.529. The van der Waals surface area contributed by atoms with E-state index in [1.807, 2.05) is 0 Å². The van der Waals surface area contributed by atoms with Crippen LogP contribution >= 0.6 is 0 Å². The minimum Gasteiger partial charge on any atom is -0.379 e. The lowest BCUT2D eigenvalue weighted by molar-refractivity contribution is -0.119. The first-order valence-corrected chi connectivity index (χ1v) is 10.3. The number of hydrogen-bond acceptors (Lipinski definition) is 6. The van der Waals surface area contributed by atoms with Crippen molar-refractivity contribution in [3.05, 3.63) is 29.8 Å². The third kappa shape index (κ3) is 6.08. The first kappa shape index (κ1) is 20.3. The molecule has 26 heavy (non-hydrogen) atoms. The van der Waals surface area contributed by atoms with Crippen molar-refractivity contribution in [2.45, 2.75) is 6.92 Å². The number of ether oxygens (including phenoxy) is 1. The van der Waals surface area contributed by atoms with Crippen molar-refractivity contribution in [2.24, 2.45) is 0 Å². The second-order valence-electron chi connectivity index (χ2n) is 6.18. The fourth-order valence-corrected chi connectivity index (χ4v) is 3.49. The lowest BCUT2D eigenvalue weighted by Gasteiger charge is -2.27. The summed E-state index contributed by atoms with van der Waals surface area (Å²) in [5, 5.41) is 2.75. The predicted octanol–water partition coefficient (Wildman–Crippen LogP) is 0.104. The topological polar surface area (TPSA) is 96.0 Å². The summed E-state index contributed by atoms with van der Waals surface area (Å²) in [5.74, 6) is -0.563. The zero-order valence-corrected chi connectivity index (χ0v) is 15.9. The first-order chi connectivity index (χ1) is 12.3. The van der Waals surface area contributed by atoms with Crippen LogP contribution in [0.25, 0.3) is 0 Å². The summed E-state index contributed by atoms with van der Waals surface area (Å²) in [6, 6.07) is 6.24. The third-order valence-electron chi connectivity index (χ3n) is 4.08. The van der Waals surface area contributed by atoms with E-state index in [0.29, 0.717) is 37.6 Å². The van der Waals surface area contributed by atoms with Gasteiger partial charge in [-0.3, -0.25) is 18.8 Å². The van der Waals surface area contributed by atoms with Gasteiger partial charge >= 0.3 is 0 Å². The van der Waals surface area contributed by atoms with Crippen LogP contribution in [0, 0.1) is 0 Å². The largest absolute Gasteiger partial charge is 0.379 e. The summed E-state index contributed by atoms with van der Waals surface area (Å²) in [7, 11) is -3.67. The lowest BCUT2D eigenvalue weighted by Crippen LogP contribution is -2.44. The van der Waals surface area contributed by atoms with Crippen LogP contribution in [0.4, 0.5) is 5.69 Å². The van der Waals surface area contributed by atoms with Crippen LogP contribution in [0.1, 0.15) is 17.3 Å². The highest BCUT2D eigenvalue weighted by Gasteiger charge is 2.21. The molecule has 0 aliphatic carbocycles. The molecule has 0 unspecified atom stereocenters. The molecule has 9 heteroatoms. The van der Waals surface area contributed by atoms with E-state index < -0.39 is 15.9 Å².